The summed E-state index contributed by atoms with van der Waals surface area (Å²) in [6, 6.07) is 17.9. The Kier molecular flexibility index (Phi) is 6.23. The zero-order chi connectivity index (χ0) is 21.8. The van der Waals surface area contributed by atoms with Crippen molar-refractivity contribution < 1.29 is 13.6 Å². The Morgan fingerprint density at radius 2 is 1.61 bits per heavy atom. The van der Waals surface area contributed by atoms with Gasteiger partial charge in [0.25, 0.3) is 0 Å². The molecular formula is C24H19F2N3OS. The van der Waals surface area contributed by atoms with Gasteiger partial charge in [0.1, 0.15) is 16.7 Å². The lowest BCUT2D eigenvalue weighted by atomic mass is 10.1. The molecule has 0 spiro atoms. The van der Waals surface area contributed by atoms with E-state index in [0.29, 0.717) is 23.0 Å². The summed E-state index contributed by atoms with van der Waals surface area (Å²) in [6.07, 6.45) is 0. The van der Waals surface area contributed by atoms with Crippen molar-refractivity contribution in [2.45, 2.75) is 18.5 Å². The van der Waals surface area contributed by atoms with E-state index < -0.39 is 0 Å². The molecule has 0 aliphatic carbocycles. The summed E-state index contributed by atoms with van der Waals surface area (Å²) < 4.78 is 26.3. The molecular weight excluding hydrogens is 416 g/mol. The lowest BCUT2D eigenvalue weighted by Crippen LogP contribution is -2.24. The molecule has 0 saturated carbocycles. The first-order valence-corrected chi connectivity index (χ1v) is 10.6. The van der Waals surface area contributed by atoms with Crippen molar-refractivity contribution in [1.29, 1.82) is 0 Å². The van der Waals surface area contributed by atoms with Crippen LogP contribution < -0.4 is 5.32 Å². The molecule has 3 aromatic carbocycles. The highest BCUT2D eigenvalue weighted by atomic mass is 32.2. The van der Waals surface area contributed by atoms with Gasteiger partial charge in [0.05, 0.1) is 11.3 Å². The van der Waals surface area contributed by atoms with E-state index in [4.69, 9.17) is 0 Å². The van der Waals surface area contributed by atoms with E-state index in [1.807, 2.05) is 25.1 Å². The summed E-state index contributed by atoms with van der Waals surface area (Å²) >= 11 is 1.32. The zero-order valence-electron chi connectivity index (χ0n) is 16.7. The minimum atomic E-state index is -0.326. The van der Waals surface area contributed by atoms with Gasteiger partial charge in [-0.1, -0.05) is 35.5 Å². The predicted octanol–water partition coefficient (Wildman–Crippen LogP) is 5.29. The summed E-state index contributed by atoms with van der Waals surface area (Å²) in [5.74, 6) is -0.145. The van der Waals surface area contributed by atoms with Gasteiger partial charge < -0.3 is 5.32 Å². The van der Waals surface area contributed by atoms with Crippen LogP contribution in [0.2, 0.25) is 0 Å². The van der Waals surface area contributed by atoms with Gasteiger partial charge in [-0.2, -0.15) is 0 Å². The lowest BCUT2D eigenvalue weighted by Gasteiger charge is -2.10. The number of thioether (sulfide) groups is 1. The van der Waals surface area contributed by atoms with Crippen molar-refractivity contribution in [2.24, 2.45) is 0 Å². The van der Waals surface area contributed by atoms with Crippen LogP contribution in [0, 0.1) is 18.6 Å². The van der Waals surface area contributed by atoms with Crippen LogP contribution in [-0.4, -0.2) is 21.6 Å². The van der Waals surface area contributed by atoms with Gasteiger partial charge in [0, 0.05) is 17.5 Å². The number of rotatable bonds is 6. The van der Waals surface area contributed by atoms with E-state index in [0.717, 1.165) is 22.0 Å². The average Bonchev–Trinajstić information content (AvgIpc) is 2.77. The maximum absolute atomic E-state index is 13.3. The van der Waals surface area contributed by atoms with Crippen molar-refractivity contribution in [3.63, 3.8) is 0 Å². The van der Waals surface area contributed by atoms with Gasteiger partial charge in [0.2, 0.25) is 5.91 Å². The third-order valence-corrected chi connectivity index (χ3v) is 5.65. The number of fused-ring (bicyclic) bond motifs is 1. The van der Waals surface area contributed by atoms with E-state index >= 15 is 0 Å². The van der Waals surface area contributed by atoms with Crippen molar-refractivity contribution in [2.75, 3.05) is 5.75 Å². The number of carbonyl (C=O) groups excluding carboxylic acids is 1. The summed E-state index contributed by atoms with van der Waals surface area (Å²) in [7, 11) is 0. The standard InChI is InChI=1S/C24H19F2N3OS/c1-15-2-11-21-20(12-15)24(29-23(28-21)17-5-9-19(26)10-6-17)31-14-22(30)27-13-16-3-7-18(25)8-4-16/h2-12H,13-14H2,1H3,(H,27,30). The van der Waals surface area contributed by atoms with Crippen LogP contribution in [0.15, 0.2) is 71.8 Å². The minimum Gasteiger partial charge on any atom is -0.351 e. The Morgan fingerprint density at radius 1 is 0.935 bits per heavy atom. The number of aromatic nitrogens is 2. The molecule has 4 nitrogen and oxygen atoms in total. The second kappa shape index (κ2) is 9.22. The number of carbonyl (C=O) groups is 1. The Labute approximate surface area is 182 Å². The molecule has 1 heterocycles. The summed E-state index contributed by atoms with van der Waals surface area (Å²) in [5, 5.41) is 4.38. The maximum Gasteiger partial charge on any atom is 0.230 e. The summed E-state index contributed by atoms with van der Waals surface area (Å²) in [4.78, 5) is 21.6. The first-order valence-electron chi connectivity index (χ1n) is 9.66. The molecule has 1 aromatic heterocycles. The van der Waals surface area contributed by atoms with Crippen molar-refractivity contribution in [1.82, 2.24) is 15.3 Å². The number of hydrogen-bond acceptors (Lipinski definition) is 4. The van der Waals surface area contributed by atoms with Crippen LogP contribution in [0.5, 0.6) is 0 Å². The molecule has 0 unspecified atom stereocenters. The third kappa shape index (κ3) is 5.24. The van der Waals surface area contributed by atoms with E-state index in [-0.39, 0.29) is 23.3 Å². The number of aryl methyl sites for hydroxylation is 1. The minimum absolute atomic E-state index is 0.155. The van der Waals surface area contributed by atoms with Gasteiger partial charge in [-0.3, -0.25) is 4.79 Å². The molecule has 4 aromatic rings. The molecule has 0 atom stereocenters. The van der Waals surface area contributed by atoms with Crippen LogP contribution in [0.25, 0.3) is 22.3 Å². The van der Waals surface area contributed by atoms with Crippen LogP contribution in [0.3, 0.4) is 0 Å². The Morgan fingerprint density at radius 3 is 2.32 bits per heavy atom. The Hall–Kier alpha value is -3.32. The van der Waals surface area contributed by atoms with Crippen LogP contribution >= 0.6 is 11.8 Å². The monoisotopic (exact) mass is 435 g/mol. The van der Waals surface area contributed by atoms with Gasteiger partial charge >= 0.3 is 0 Å². The summed E-state index contributed by atoms with van der Waals surface area (Å²) in [5.41, 5.74) is 3.34. The molecule has 1 amide bonds. The molecule has 7 heteroatoms. The molecule has 0 fully saturated rings. The maximum atomic E-state index is 13.3. The SMILES string of the molecule is Cc1ccc2nc(-c3ccc(F)cc3)nc(SCC(=O)NCc3ccc(F)cc3)c2c1. The van der Waals surface area contributed by atoms with Crippen LogP contribution in [0.1, 0.15) is 11.1 Å². The lowest BCUT2D eigenvalue weighted by molar-refractivity contribution is -0.118. The second-order valence-corrected chi connectivity index (χ2v) is 8.04. The van der Waals surface area contributed by atoms with E-state index in [1.54, 1.807) is 24.3 Å². The zero-order valence-corrected chi connectivity index (χ0v) is 17.5. The van der Waals surface area contributed by atoms with Crippen LogP contribution in [0.4, 0.5) is 8.78 Å². The van der Waals surface area contributed by atoms with Gasteiger partial charge in [-0.15, -0.1) is 0 Å². The molecule has 1 N–H and O–H groups in total. The third-order valence-electron chi connectivity index (χ3n) is 4.66. The first-order chi connectivity index (χ1) is 15.0. The highest BCUT2D eigenvalue weighted by Gasteiger charge is 2.12. The van der Waals surface area contributed by atoms with Gasteiger partial charge in [0.15, 0.2) is 5.82 Å². The largest absolute Gasteiger partial charge is 0.351 e. The van der Waals surface area contributed by atoms with Crippen molar-refractivity contribution >= 4 is 28.6 Å². The fourth-order valence-corrected chi connectivity index (χ4v) is 3.88. The highest BCUT2D eigenvalue weighted by Crippen LogP contribution is 2.29. The number of halogens is 2. The number of benzene rings is 3. The smallest absolute Gasteiger partial charge is 0.230 e. The molecule has 0 aliphatic heterocycles. The number of nitrogens with one attached hydrogen (secondary N) is 1. The molecule has 4 rings (SSSR count). The van der Waals surface area contributed by atoms with E-state index in [9.17, 15) is 13.6 Å². The Balaban J connectivity index is 1.53. The van der Waals surface area contributed by atoms with E-state index in [2.05, 4.69) is 15.3 Å². The first kappa shape index (κ1) is 20.9. The van der Waals surface area contributed by atoms with Gasteiger partial charge in [-0.25, -0.2) is 18.7 Å². The second-order valence-electron chi connectivity index (χ2n) is 7.07. The number of amides is 1. The molecule has 0 radical (unpaired) electrons. The van der Waals surface area contributed by atoms with E-state index in [1.165, 1.54) is 36.0 Å². The predicted molar refractivity (Wildman–Crippen MR) is 119 cm³/mol. The fraction of sp³-hybridized carbons (Fsp3) is 0.125. The molecule has 31 heavy (non-hydrogen) atoms. The van der Waals surface area contributed by atoms with Crippen molar-refractivity contribution in [3.8, 4) is 11.4 Å². The topological polar surface area (TPSA) is 54.9 Å². The number of hydrogen-bond donors (Lipinski definition) is 1. The fourth-order valence-electron chi connectivity index (χ4n) is 3.04. The highest BCUT2D eigenvalue weighted by molar-refractivity contribution is 8.00. The normalized spacial score (nSPS) is 10.9. The Bertz CT molecular complexity index is 1230. The molecule has 156 valence electrons. The molecule has 0 bridgehead atoms. The quantitative estimate of drug-likeness (QED) is 0.330. The van der Waals surface area contributed by atoms with Crippen LogP contribution in [-0.2, 0) is 11.3 Å². The summed E-state index contributed by atoms with van der Waals surface area (Å²) in [6.45, 7) is 2.31. The number of nitrogens with zero attached hydrogens (tertiary/aromatic N) is 2. The molecule has 0 aliphatic rings. The molecule has 0 saturated heterocycles. The van der Waals surface area contributed by atoms with Gasteiger partial charge in [-0.05, 0) is 61.0 Å². The van der Waals surface area contributed by atoms with Crippen molar-refractivity contribution in [3.05, 3.63) is 89.5 Å². The average molecular weight is 435 g/mol.